The third-order valence-corrected chi connectivity index (χ3v) is 3.98. The van der Waals surface area contributed by atoms with Crippen molar-refractivity contribution in [3.05, 3.63) is 48.0 Å². The zero-order valence-electron chi connectivity index (χ0n) is 10.4. The standard InChI is InChI=1S/C12H15N3O3S/c1-9(11-4-2-3-7-14-11)15-19(16,17)12-6-5-10(8-13)18-12/h2-7,9,15H,8,13H2,1H3. The van der Waals surface area contributed by atoms with Gasteiger partial charge < -0.3 is 10.2 Å². The Bertz CT molecular complexity index is 637. The van der Waals surface area contributed by atoms with E-state index < -0.39 is 16.1 Å². The molecule has 0 saturated heterocycles. The molecule has 0 spiro atoms. The van der Waals surface area contributed by atoms with Crippen LogP contribution in [0, 0.1) is 0 Å². The predicted molar refractivity (Wildman–Crippen MR) is 69.6 cm³/mol. The monoisotopic (exact) mass is 281 g/mol. The molecule has 1 unspecified atom stereocenters. The maximum absolute atomic E-state index is 12.1. The Hall–Kier alpha value is -1.70. The second kappa shape index (κ2) is 5.52. The molecule has 0 saturated carbocycles. The molecule has 0 fully saturated rings. The highest BCUT2D eigenvalue weighted by Crippen LogP contribution is 2.17. The van der Waals surface area contributed by atoms with Crippen molar-refractivity contribution in [1.29, 1.82) is 0 Å². The smallest absolute Gasteiger partial charge is 0.274 e. The topological polar surface area (TPSA) is 98.2 Å². The van der Waals surface area contributed by atoms with E-state index in [0.29, 0.717) is 11.5 Å². The van der Waals surface area contributed by atoms with Crippen LogP contribution in [0.25, 0.3) is 0 Å². The van der Waals surface area contributed by atoms with Gasteiger partial charge in [0.15, 0.2) is 0 Å². The Morgan fingerprint density at radius 3 is 2.74 bits per heavy atom. The Morgan fingerprint density at radius 1 is 1.37 bits per heavy atom. The van der Waals surface area contributed by atoms with E-state index in [1.54, 1.807) is 37.4 Å². The van der Waals surface area contributed by atoms with Crippen molar-refractivity contribution in [1.82, 2.24) is 9.71 Å². The number of nitrogens with two attached hydrogens (primary N) is 1. The maximum Gasteiger partial charge on any atom is 0.274 e. The number of furan rings is 1. The van der Waals surface area contributed by atoms with Crippen LogP contribution in [0.3, 0.4) is 0 Å². The lowest BCUT2D eigenvalue weighted by molar-refractivity contribution is 0.410. The average molecular weight is 281 g/mol. The first-order chi connectivity index (χ1) is 9.03. The Morgan fingerprint density at radius 2 is 2.16 bits per heavy atom. The van der Waals surface area contributed by atoms with Gasteiger partial charge in [0.1, 0.15) is 5.76 Å². The number of rotatable bonds is 5. The van der Waals surface area contributed by atoms with Crippen LogP contribution in [0.4, 0.5) is 0 Å². The largest absolute Gasteiger partial charge is 0.447 e. The van der Waals surface area contributed by atoms with Crippen LogP contribution in [0.2, 0.25) is 0 Å². The van der Waals surface area contributed by atoms with Gasteiger partial charge in [-0.3, -0.25) is 4.98 Å². The van der Waals surface area contributed by atoms with Crippen LogP contribution in [-0.2, 0) is 16.6 Å². The van der Waals surface area contributed by atoms with Gasteiger partial charge in [-0.15, -0.1) is 0 Å². The van der Waals surface area contributed by atoms with Gasteiger partial charge in [0.2, 0.25) is 5.09 Å². The van der Waals surface area contributed by atoms with Crippen LogP contribution < -0.4 is 10.5 Å². The van der Waals surface area contributed by atoms with Crippen LogP contribution >= 0.6 is 0 Å². The molecule has 2 rings (SSSR count). The van der Waals surface area contributed by atoms with Crippen molar-refractivity contribution in [2.45, 2.75) is 24.6 Å². The van der Waals surface area contributed by atoms with Crippen LogP contribution in [0.15, 0.2) is 46.0 Å². The minimum absolute atomic E-state index is 0.143. The summed E-state index contributed by atoms with van der Waals surface area (Å²) in [4.78, 5) is 4.10. The van der Waals surface area contributed by atoms with Gasteiger partial charge >= 0.3 is 0 Å². The molecule has 2 aromatic rings. The lowest BCUT2D eigenvalue weighted by Crippen LogP contribution is -2.27. The number of hydrogen-bond donors (Lipinski definition) is 2. The minimum atomic E-state index is -3.71. The van der Waals surface area contributed by atoms with E-state index in [0.717, 1.165) is 0 Å². The molecular weight excluding hydrogens is 266 g/mol. The van der Waals surface area contributed by atoms with E-state index in [-0.39, 0.29) is 11.6 Å². The molecule has 102 valence electrons. The quantitative estimate of drug-likeness (QED) is 0.857. The Balaban J connectivity index is 2.17. The van der Waals surface area contributed by atoms with E-state index in [4.69, 9.17) is 10.2 Å². The van der Waals surface area contributed by atoms with Gasteiger partial charge in [0.05, 0.1) is 18.3 Å². The van der Waals surface area contributed by atoms with E-state index in [1.165, 1.54) is 6.07 Å². The molecule has 0 amide bonds. The molecule has 2 heterocycles. The maximum atomic E-state index is 12.1. The summed E-state index contributed by atoms with van der Waals surface area (Å²) in [5.74, 6) is 0.422. The van der Waals surface area contributed by atoms with E-state index >= 15 is 0 Å². The molecule has 0 radical (unpaired) electrons. The summed E-state index contributed by atoms with van der Waals surface area (Å²) < 4.78 is 31.8. The van der Waals surface area contributed by atoms with Crippen molar-refractivity contribution < 1.29 is 12.8 Å². The third-order valence-electron chi connectivity index (χ3n) is 2.57. The molecular formula is C12H15N3O3S. The molecule has 2 aromatic heterocycles. The fraction of sp³-hybridized carbons (Fsp3) is 0.250. The zero-order chi connectivity index (χ0) is 13.9. The molecule has 0 aromatic carbocycles. The zero-order valence-corrected chi connectivity index (χ0v) is 11.2. The van der Waals surface area contributed by atoms with Crippen LogP contribution in [0.1, 0.15) is 24.4 Å². The van der Waals surface area contributed by atoms with Crippen molar-refractivity contribution in [2.24, 2.45) is 5.73 Å². The third kappa shape index (κ3) is 3.19. The first kappa shape index (κ1) is 13.7. The van der Waals surface area contributed by atoms with E-state index in [9.17, 15) is 8.42 Å². The fourth-order valence-electron chi connectivity index (χ4n) is 1.60. The summed E-state index contributed by atoms with van der Waals surface area (Å²) in [5.41, 5.74) is 6.02. The molecule has 7 heteroatoms. The van der Waals surface area contributed by atoms with Gasteiger partial charge in [-0.2, -0.15) is 4.72 Å². The molecule has 0 bridgehead atoms. The first-order valence-electron chi connectivity index (χ1n) is 5.75. The summed E-state index contributed by atoms with van der Waals surface area (Å²) in [6.45, 7) is 1.87. The summed E-state index contributed by atoms with van der Waals surface area (Å²) in [7, 11) is -3.71. The average Bonchev–Trinajstić information content (AvgIpc) is 2.89. The van der Waals surface area contributed by atoms with Gasteiger partial charge in [0, 0.05) is 6.20 Å². The summed E-state index contributed by atoms with van der Waals surface area (Å²) in [6.07, 6.45) is 1.61. The highest BCUT2D eigenvalue weighted by atomic mass is 32.2. The molecule has 0 aliphatic carbocycles. The van der Waals surface area contributed by atoms with Crippen molar-refractivity contribution in [2.75, 3.05) is 0 Å². The van der Waals surface area contributed by atoms with Crippen LogP contribution in [0.5, 0.6) is 0 Å². The second-order valence-electron chi connectivity index (χ2n) is 4.02. The number of nitrogens with one attached hydrogen (secondary N) is 1. The van der Waals surface area contributed by atoms with Gasteiger partial charge in [-0.1, -0.05) is 6.07 Å². The lowest BCUT2D eigenvalue weighted by atomic mass is 10.2. The molecule has 3 N–H and O–H groups in total. The van der Waals surface area contributed by atoms with Gasteiger partial charge in [-0.05, 0) is 31.2 Å². The summed E-state index contributed by atoms with van der Waals surface area (Å²) >= 11 is 0. The number of aromatic nitrogens is 1. The molecule has 0 aliphatic rings. The predicted octanol–water partition coefficient (Wildman–Crippen LogP) is 1.17. The molecule has 6 nitrogen and oxygen atoms in total. The van der Waals surface area contributed by atoms with Crippen molar-refractivity contribution >= 4 is 10.0 Å². The molecule has 19 heavy (non-hydrogen) atoms. The highest BCUT2D eigenvalue weighted by molar-refractivity contribution is 7.89. The normalized spacial score (nSPS) is 13.4. The van der Waals surface area contributed by atoms with Crippen LogP contribution in [-0.4, -0.2) is 13.4 Å². The van der Waals surface area contributed by atoms with Gasteiger partial charge in [-0.25, -0.2) is 8.42 Å². The lowest BCUT2D eigenvalue weighted by Gasteiger charge is -2.12. The number of sulfonamides is 1. The van der Waals surface area contributed by atoms with Crippen molar-refractivity contribution in [3.8, 4) is 0 Å². The summed E-state index contributed by atoms with van der Waals surface area (Å²) in [6, 6.07) is 7.80. The van der Waals surface area contributed by atoms with E-state index in [2.05, 4.69) is 9.71 Å². The second-order valence-corrected chi connectivity index (χ2v) is 5.67. The first-order valence-corrected chi connectivity index (χ1v) is 7.23. The Labute approximate surface area is 111 Å². The van der Waals surface area contributed by atoms with Gasteiger partial charge in [0.25, 0.3) is 10.0 Å². The Kier molecular flexibility index (Phi) is 3.98. The fourth-order valence-corrected chi connectivity index (χ4v) is 2.76. The number of pyridine rings is 1. The minimum Gasteiger partial charge on any atom is -0.447 e. The van der Waals surface area contributed by atoms with E-state index in [1.807, 2.05) is 0 Å². The summed E-state index contributed by atoms with van der Waals surface area (Å²) in [5, 5.41) is -0.143. The highest BCUT2D eigenvalue weighted by Gasteiger charge is 2.22. The number of nitrogens with zero attached hydrogens (tertiary/aromatic N) is 1. The molecule has 0 aliphatic heterocycles. The van der Waals surface area contributed by atoms with Crippen molar-refractivity contribution in [3.63, 3.8) is 0 Å². The SMILES string of the molecule is CC(NS(=O)(=O)c1ccc(CN)o1)c1ccccn1. The number of hydrogen-bond acceptors (Lipinski definition) is 5. The molecule has 1 atom stereocenters.